The van der Waals surface area contributed by atoms with Gasteiger partial charge in [0.2, 0.25) is 0 Å². The normalized spacial score (nSPS) is 15.3. The van der Waals surface area contributed by atoms with Gasteiger partial charge >= 0.3 is 0 Å². The van der Waals surface area contributed by atoms with Crippen molar-refractivity contribution < 1.29 is 13.9 Å². The van der Waals surface area contributed by atoms with Gasteiger partial charge in [0.1, 0.15) is 0 Å². The van der Waals surface area contributed by atoms with Crippen molar-refractivity contribution in [3.05, 3.63) is 35.4 Å². The molecule has 0 heterocycles. The fourth-order valence-corrected chi connectivity index (χ4v) is 1.76. The summed E-state index contributed by atoms with van der Waals surface area (Å²) in [5.41, 5.74) is 6.39. The van der Waals surface area contributed by atoms with E-state index in [1.165, 1.54) is 24.3 Å². The third-order valence-corrected chi connectivity index (χ3v) is 2.68. The molecule has 2 nitrogen and oxygen atoms in total. The first-order chi connectivity index (χ1) is 7.91. The SMILES string of the molecule is CC(C)CC(N)C(O)c1ccc(C(F)F)cc1. The van der Waals surface area contributed by atoms with Crippen molar-refractivity contribution in [1.29, 1.82) is 0 Å². The highest BCUT2D eigenvalue weighted by Gasteiger charge is 2.18. The molecule has 1 rings (SSSR count). The van der Waals surface area contributed by atoms with E-state index in [4.69, 9.17) is 5.73 Å². The zero-order valence-corrected chi connectivity index (χ0v) is 10.1. The van der Waals surface area contributed by atoms with Gasteiger partial charge in [-0.3, -0.25) is 0 Å². The monoisotopic (exact) mass is 243 g/mol. The molecule has 1 aromatic rings. The molecule has 0 saturated carbocycles. The lowest BCUT2D eigenvalue weighted by Crippen LogP contribution is -2.29. The average Bonchev–Trinajstić information content (AvgIpc) is 2.27. The van der Waals surface area contributed by atoms with Gasteiger partial charge in [0.25, 0.3) is 6.43 Å². The lowest BCUT2D eigenvalue weighted by molar-refractivity contribution is 0.135. The number of rotatable bonds is 5. The highest BCUT2D eigenvalue weighted by Crippen LogP contribution is 2.24. The van der Waals surface area contributed by atoms with Gasteiger partial charge in [-0.05, 0) is 17.9 Å². The van der Waals surface area contributed by atoms with E-state index < -0.39 is 12.5 Å². The molecule has 2 unspecified atom stereocenters. The zero-order valence-electron chi connectivity index (χ0n) is 10.1. The van der Waals surface area contributed by atoms with Crippen LogP contribution >= 0.6 is 0 Å². The Kier molecular flexibility index (Phi) is 5.02. The van der Waals surface area contributed by atoms with Crippen LogP contribution in [0.4, 0.5) is 8.78 Å². The van der Waals surface area contributed by atoms with Crippen LogP contribution in [-0.2, 0) is 0 Å². The molecule has 2 atom stereocenters. The molecule has 1 aromatic carbocycles. The van der Waals surface area contributed by atoms with Crippen molar-refractivity contribution in [1.82, 2.24) is 0 Å². The van der Waals surface area contributed by atoms with E-state index in [0.717, 1.165) is 0 Å². The summed E-state index contributed by atoms with van der Waals surface area (Å²) in [7, 11) is 0. The summed E-state index contributed by atoms with van der Waals surface area (Å²) in [4.78, 5) is 0. The molecule has 0 amide bonds. The molecule has 0 aromatic heterocycles. The first-order valence-electron chi connectivity index (χ1n) is 5.73. The van der Waals surface area contributed by atoms with Crippen molar-refractivity contribution in [3.8, 4) is 0 Å². The van der Waals surface area contributed by atoms with Crippen molar-refractivity contribution in [2.75, 3.05) is 0 Å². The van der Waals surface area contributed by atoms with E-state index in [1.54, 1.807) is 0 Å². The Balaban J connectivity index is 2.72. The largest absolute Gasteiger partial charge is 0.387 e. The van der Waals surface area contributed by atoms with Gasteiger partial charge < -0.3 is 10.8 Å². The van der Waals surface area contributed by atoms with Crippen molar-refractivity contribution >= 4 is 0 Å². The molecule has 0 fully saturated rings. The molecule has 0 saturated heterocycles. The number of nitrogens with two attached hydrogens (primary N) is 1. The summed E-state index contributed by atoms with van der Waals surface area (Å²) in [6, 6.07) is 5.29. The van der Waals surface area contributed by atoms with Gasteiger partial charge in [-0.25, -0.2) is 8.78 Å². The molecule has 0 aliphatic rings. The van der Waals surface area contributed by atoms with E-state index in [0.29, 0.717) is 17.9 Å². The van der Waals surface area contributed by atoms with Crippen LogP contribution in [0.2, 0.25) is 0 Å². The van der Waals surface area contributed by atoms with Crippen LogP contribution in [0.5, 0.6) is 0 Å². The molecule has 0 aliphatic heterocycles. The van der Waals surface area contributed by atoms with Crippen LogP contribution in [-0.4, -0.2) is 11.1 Å². The highest BCUT2D eigenvalue weighted by molar-refractivity contribution is 5.25. The van der Waals surface area contributed by atoms with E-state index in [-0.39, 0.29) is 11.6 Å². The quantitative estimate of drug-likeness (QED) is 0.835. The molecule has 17 heavy (non-hydrogen) atoms. The molecule has 0 spiro atoms. The number of hydrogen-bond donors (Lipinski definition) is 2. The summed E-state index contributed by atoms with van der Waals surface area (Å²) in [6.07, 6.45) is -2.59. The Bertz CT molecular complexity index is 338. The number of aliphatic hydroxyl groups is 1. The lowest BCUT2D eigenvalue weighted by atomic mass is 9.95. The maximum atomic E-state index is 12.3. The summed E-state index contributed by atoms with van der Waals surface area (Å²) >= 11 is 0. The van der Waals surface area contributed by atoms with E-state index >= 15 is 0 Å². The number of hydrogen-bond acceptors (Lipinski definition) is 2. The highest BCUT2D eigenvalue weighted by atomic mass is 19.3. The third kappa shape index (κ3) is 4.06. The molecule has 0 radical (unpaired) electrons. The van der Waals surface area contributed by atoms with Crippen LogP contribution in [0.3, 0.4) is 0 Å². The van der Waals surface area contributed by atoms with Crippen LogP contribution in [0.1, 0.15) is 43.9 Å². The molecular formula is C13H19F2NO. The predicted octanol–water partition coefficient (Wildman–Crippen LogP) is 3.03. The van der Waals surface area contributed by atoms with Gasteiger partial charge in [-0.15, -0.1) is 0 Å². The topological polar surface area (TPSA) is 46.2 Å². The lowest BCUT2D eigenvalue weighted by Gasteiger charge is -2.21. The Morgan fingerprint density at radius 2 is 1.59 bits per heavy atom. The average molecular weight is 243 g/mol. The van der Waals surface area contributed by atoms with Crippen LogP contribution in [0.15, 0.2) is 24.3 Å². The minimum Gasteiger partial charge on any atom is -0.387 e. The van der Waals surface area contributed by atoms with E-state index in [1.807, 2.05) is 13.8 Å². The van der Waals surface area contributed by atoms with Gasteiger partial charge in [0, 0.05) is 11.6 Å². The molecular weight excluding hydrogens is 224 g/mol. The molecule has 0 bridgehead atoms. The number of halogens is 2. The van der Waals surface area contributed by atoms with Crippen LogP contribution < -0.4 is 5.73 Å². The summed E-state index contributed by atoms with van der Waals surface area (Å²) < 4.78 is 24.7. The zero-order chi connectivity index (χ0) is 13.0. The number of alkyl halides is 2. The minimum absolute atomic E-state index is 0.0432. The second-order valence-corrected chi connectivity index (χ2v) is 4.71. The maximum Gasteiger partial charge on any atom is 0.263 e. The second kappa shape index (κ2) is 6.07. The summed E-state index contributed by atoms with van der Waals surface area (Å²) in [5.74, 6) is 0.389. The van der Waals surface area contributed by atoms with Crippen LogP contribution in [0, 0.1) is 5.92 Å². The standard InChI is InChI=1S/C13H19F2NO/c1-8(2)7-11(16)12(17)9-3-5-10(6-4-9)13(14)15/h3-6,8,11-13,17H,7,16H2,1-2H3. The Labute approximate surface area is 100 Å². The molecule has 4 heteroatoms. The fraction of sp³-hybridized carbons (Fsp3) is 0.538. The Hall–Kier alpha value is -1.00. The Morgan fingerprint density at radius 1 is 1.12 bits per heavy atom. The first-order valence-corrected chi connectivity index (χ1v) is 5.73. The van der Waals surface area contributed by atoms with Gasteiger partial charge in [0.15, 0.2) is 0 Å². The number of aliphatic hydroxyl groups excluding tert-OH is 1. The fourth-order valence-electron chi connectivity index (χ4n) is 1.76. The molecule has 3 N–H and O–H groups in total. The second-order valence-electron chi connectivity index (χ2n) is 4.71. The van der Waals surface area contributed by atoms with Crippen LogP contribution in [0.25, 0.3) is 0 Å². The Morgan fingerprint density at radius 3 is 2.00 bits per heavy atom. The molecule has 96 valence electrons. The maximum absolute atomic E-state index is 12.3. The third-order valence-electron chi connectivity index (χ3n) is 2.68. The number of benzene rings is 1. The van der Waals surface area contributed by atoms with Gasteiger partial charge in [-0.2, -0.15) is 0 Å². The van der Waals surface area contributed by atoms with Gasteiger partial charge in [0.05, 0.1) is 6.10 Å². The molecule has 0 aliphatic carbocycles. The van der Waals surface area contributed by atoms with E-state index in [2.05, 4.69) is 0 Å². The van der Waals surface area contributed by atoms with Crippen molar-refractivity contribution in [3.63, 3.8) is 0 Å². The van der Waals surface area contributed by atoms with E-state index in [9.17, 15) is 13.9 Å². The predicted molar refractivity (Wildman–Crippen MR) is 63.8 cm³/mol. The first kappa shape index (κ1) is 14.1. The summed E-state index contributed by atoms with van der Waals surface area (Å²) in [6.45, 7) is 4.04. The van der Waals surface area contributed by atoms with Crippen molar-refractivity contribution in [2.45, 2.75) is 38.8 Å². The van der Waals surface area contributed by atoms with Crippen molar-refractivity contribution in [2.24, 2.45) is 11.7 Å². The van der Waals surface area contributed by atoms with Gasteiger partial charge in [-0.1, -0.05) is 38.1 Å². The summed E-state index contributed by atoms with van der Waals surface area (Å²) in [5, 5.41) is 9.95. The smallest absolute Gasteiger partial charge is 0.263 e. The minimum atomic E-state index is -2.48.